The van der Waals surface area contributed by atoms with Crippen molar-refractivity contribution in [3.63, 3.8) is 0 Å². The molecule has 1 saturated carbocycles. The standard InChI is InChI=1S/C29H42N8O3/c1-19(36-16-23-22(15-30)24(23)17-36)14-20-4-6-21(7-5-20)37-9-8-25(33-28(37)40)32-27(39)35-12-10-34(11-13-35)26(38)29(2,3)18-31/h4-9,19,22-24H,10-18,30-31H2,1-3H3,(H,32,33,39,40). The predicted molar refractivity (Wildman–Crippen MR) is 154 cm³/mol. The van der Waals surface area contributed by atoms with Crippen LogP contribution in [-0.2, 0) is 11.2 Å². The van der Waals surface area contributed by atoms with Gasteiger partial charge in [0.05, 0.1) is 11.1 Å². The third kappa shape index (κ3) is 5.77. The summed E-state index contributed by atoms with van der Waals surface area (Å²) >= 11 is 0. The number of nitrogens with one attached hydrogen (secondary N) is 1. The van der Waals surface area contributed by atoms with Crippen molar-refractivity contribution in [3.8, 4) is 5.69 Å². The van der Waals surface area contributed by atoms with E-state index in [-0.39, 0.29) is 24.3 Å². The maximum Gasteiger partial charge on any atom is 0.354 e. The number of hydrogen-bond acceptors (Lipinski definition) is 7. The molecule has 5 N–H and O–H groups in total. The Kier molecular flexibility index (Phi) is 7.98. The number of fused-ring (bicyclic) bond motifs is 1. The van der Waals surface area contributed by atoms with E-state index in [1.54, 1.807) is 22.1 Å². The lowest BCUT2D eigenvalue weighted by Crippen LogP contribution is -2.55. The number of piperidine rings is 1. The molecule has 5 rings (SSSR count). The third-order valence-corrected chi connectivity index (χ3v) is 9.02. The van der Waals surface area contributed by atoms with E-state index in [1.165, 1.54) is 10.1 Å². The molecular weight excluding hydrogens is 508 g/mol. The second-order valence-corrected chi connectivity index (χ2v) is 12.2. The van der Waals surface area contributed by atoms with Gasteiger partial charge in [-0.15, -0.1) is 0 Å². The van der Waals surface area contributed by atoms with E-state index in [0.29, 0.717) is 32.2 Å². The molecule has 1 aliphatic carbocycles. The molecule has 2 aromatic rings. The highest BCUT2D eigenvalue weighted by Crippen LogP contribution is 2.51. The van der Waals surface area contributed by atoms with E-state index in [0.717, 1.165) is 49.5 Å². The van der Waals surface area contributed by atoms with Crippen molar-refractivity contribution in [3.05, 3.63) is 52.6 Å². The Labute approximate surface area is 235 Å². The van der Waals surface area contributed by atoms with Gasteiger partial charge >= 0.3 is 11.7 Å². The number of nitrogens with zero attached hydrogens (tertiary/aromatic N) is 5. The molecule has 3 aliphatic rings. The Balaban J connectivity index is 1.13. The predicted octanol–water partition coefficient (Wildman–Crippen LogP) is 0.961. The average Bonchev–Trinajstić information content (AvgIpc) is 3.42. The first-order chi connectivity index (χ1) is 19.1. The number of hydrogen-bond donors (Lipinski definition) is 3. The number of rotatable bonds is 8. The monoisotopic (exact) mass is 550 g/mol. The normalized spacial score (nSPS) is 23.6. The van der Waals surface area contributed by atoms with Gasteiger partial charge in [-0.3, -0.25) is 19.6 Å². The first-order valence-electron chi connectivity index (χ1n) is 14.3. The molecule has 0 radical (unpaired) electrons. The summed E-state index contributed by atoms with van der Waals surface area (Å²) in [4.78, 5) is 48.2. The summed E-state index contributed by atoms with van der Waals surface area (Å²) in [5.41, 5.74) is 12.4. The number of anilines is 1. The third-order valence-electron chi connectivity index (χ3n) is 9.02. The molecule has 0 spiro atoms. The van der Waals surface area contributed by atoms with Crippen LogP contribution in [0.25, 0.3) is 5.69 Å². The van der Waals surface area contributed by atoms with Gasteiger partial charge in [-0.2, -0.15) is 4.98 Å². The molecule has 40 heavy (non-hydrogen) atoms. The Hall–Kier alpha value is -3.28. The van der Waals surface area contributed by atoms with E-state index < -0.39 is 11.1 Å². The molecule has 11 heteroatoms. The van der Waals surface area contributed by atoms with Crippen LogP contribution in [0.4, 0.5) is 10.6 Å². The zero-order chi connectivity index (χ0) is 28.6. The second-order valence-electron chi connectivity index (χ2n) is 12.2. The van der Waals surface area contributed by atoms with Crippen molar-refractivity contribution in [2.45, 2.75) is 33.2 Å². The Morgan fingerprint density at radius 3 is 2.23 bits per heavy atom. The summed E-state index contributed by atoms with van der Waals surface area (Å²) in [6, 6.07) is 9.72. The zero-order valence-corrected chi connectivity index (χ0v) is 23.8. The van der Waals surface area contributed by atoms with E-state index in [2.05, 4.69) is 34.3 Å². The molecule has 2 aliphatic heterocycles. The highest BCUT2D eigenvalue weighted by atomic mass is 16.2. The van der Waals surface area contributed by atoms with Crippen LogP contribution in [-0.4, -0.2) is 94.6 Å². The molecule has 0 bridgehead atoms. The lowest BCUT2D eigenvalue weighted by atomic mass is 9.91. The molecule has 3 fully saturated rings. The van der Waals surface area contributed by atoms with Gasteiger partial charge in [-0.1, -0.05) is 12.1 Å². The van der Waals surface area contributed by atoms with Gasteiger partial charge in [0, 0.05) is 58.1 Å². The van der Waals surface area contributed by atoms with Crippen LogP contribution in [0.15, 0.2) is 41.3 Å². The van der Waals surface area contributed by atoms with Crippen LogP contribution >= 0.6 is 0 Å². The lowest BCUT2D eigenvalue weighted by Gasteiger charge is -2.38. The SMILES string of the molecule is CC(Cc1ccc(-n2ccc(NC(=O)N3CCN(C(=O)C(C)(C)CN)CC3)nc2=O)cc1)N1CC2C(CN)C2C1. The van der Waals surface area contributed by atoms with Crippen molar-refractivity contribution in [2.24, 2.45) is 34.6 Å². The first kappa shape index (κ1) is 28.3. The molecule has 3 atom stereocenters. The van der Waals surface area contributed by atoms with Gasteiger partial charge in [0.15, 0.2) is 0 Å². The summed E-state index contributed by atoms with van der Waals surface area (Å²) in [5, 5.41) is 2.71. The summed E-state index contributed by atoms with van der Waals surface area (Å²) in [6.45, 7) is 11.0. The number of carbonyl (C=O) groups is 2. The van der Waals surface area contributed by atoms with Gasteiger partial charge in [0.2, 0.25) is 5.91 Å². The van der Waals surface area contributed by atoms with Crippen LogP contribution in [0.5, 0.6) is 0 Å². The number of aromatic nitrogens is 2. The largest absolute Gasteiger partial charge is 0.354 e. The van der Waals surface area contributed by atoms with E-state index in [1.807, 2.05) is 26.0 Å². The van der Waals surface area contributed by atoms with E-state index in [9.17, 15) is 14.4 Å². The molecule has 11 nitrogen and oxygen atoms in total. The first-order valence-corrected chi connectivity index (χ1v) is 14.3. The summed E-state index contributed by atoms with van der Waals surface area (Å²) in [6.07, 6.45) is 2.58. The summed E-state index contributed by atoms with van der Waals surface area (Å²) < 4.78 is 1.47. The fourth-order valence-corrected chi connectivity index (χ4v) is 6.14. The van der Waals surface area contributed by atoms with Crippen LogP contribution in [0.3, 0.4) is 0 Å². The number of amides is 3. The van der Waals surface area contributed by atoms with Crippen molar-refractivity contribution >= 4 is 17.8 Å². The molecule has 1 aromatic heterocycles. The Morgan fingerprint density at radius 2 is 1.65 bits per heavy atom. The molecule has 216 valence electrons. The Morgan fingerprint density at radius 1 is 1.02 bits per heavy atom. The van der Waals surface area contributed by atoms with Gasteiger partial charge in [-0.25, -0.2) is 9.59 Å². The number of urea groups is 1. The number of piperazine rings is 1. The molecule has 1 aromatic carbocycles. The highest BCUT2D eigenvalue weighted by molar-refractivity contribution is 5.88. The van der Waals surface area contributed by atoms with Crippen LogP contribution in [0.2, 0.25) is 0 Å². The Bertz CT molecular complexity index is 1270. The fourth-order valence-electron chi connectivity index (χ4n) is 6.14. The lowest BCUT2D eigenvalue weighted by molar-refractivity contribution is -0.141. The van der Waals surface area contributed by atoms with Gasteiger partial charge in [-0.05, 0) is 75.3 Å². The van der Waals surface area contributed by atoms with Gasteiger partial charge in [0.1, 0.15) is 5.82 Å². The topological polar surface area (TPSA) is 143 Å². The summed E-state index contributed by atoms with van der Waals surface area (Å²) in [7, 11) is 0. The average molecular weight is 551 g/mol. The van der Waals surface area contributed by atoms with Gasteiger partial charge in [0.25, 0.3) is 0 Å². The maximum atomic E-state index is 12.8. The highest BCUT2D eigenvalue weighted by Gasteiger charge is 2.55. The van der Waals surface area contributed by atoms with E-state index in [4.69, 9.17) is 11.5 Å². The fraction of sp³-hybridized carbons (Fsp3) is 0.586. The molecule has 3 amide bonds. The van der Waals surface area contributed by atoms with Crippen molar-refractivity contribution < 1.29 is 9.59 Å². The van der Waals surface area contributed by atoms with Crippen LogP contribution < -0.4 is 22.5 Å². The molecule has 3 heterocycles. The van der Waals surface area contributed by atoms with E-state index >= 15 is 0 Å². The molecule has 3 unspecified atom stereocenters. The quantitative estimate of drug-likeness (QED) is 0.444. The maximum absolute atomic E-state index is 12.8. The van der Waals surface area contributed by atoms with Gasteiger partial charge < -0.3 is 21.3 Å². The van der Waals surface area contributed by atoms with Crippen molar-refractivity contribution in [1.29, 1.82) is 0 Å². The number of nitrogens with two attached hydrogens (primary N) is 2. The smallest absolute Gasteiger partial charge is 0.339 e. The summed E-state index contributed by atoms with van der Waals surface area (Å²) in [5.74, 6) is 2.50. The minimum atomic E-state index is -0.625. The molecular formula is C29H42N8O3. The second kappa shape index (κ2) is 11.3. The molecule has 2 saturated heterocycles. The van der Waals surface area contributed by atoms with Crippen LogP contribution in [0, 0.1) is 23.2 Å². The number of benzene rings is 1. The zero-order valence-electron chi connectivity index (χ0n) is 23.8. The van der Waals surface area contributed by atoms with Crippen LogP contribution in [0.1, 0.15) is 26.3 Å². The van der Waals surface area contributed by atoms with Crippen molar-refractivity contribution in [2.75, 3.05) is 57.7 Å². The minimum absolute atomic E-state index is 0.00760. The van der Waals surface area contributed by atoms with Crippen molar-refractivity contribution in [1.82, 2.24) is 24.3 Å². The number of carbonyl (C=O) groups excluding carboxylic acids is 2. The number of likely N-dealkylation sites (tertiary alicyclic amines) is 1. The minimum Gasteiger partial charge on any atom is -0.339 e.